The Morgan fingerprint density at radius 1 is 0.242 bits per heavy atom. The van der Waals surface area contributed by atoms with Crippen molar-refractivity contribution in [3.63, 3.8) is 0 Å². The molecule has 0 N–H and O–H groups in total. The maximum absolute atomic E-state index is 6.65. The normalized spacial score (nSPS) is 12.1. The average Bonchev–Trinajstić information content (AvgIpc) is 1.60. The van der Waals surface area contributed by atoms with Crippen molar-refractivity contribution in [3.05, 3.63) is 327 Å². The summed E-state index contributed by atoms with van der Waals surface area (Å²) in [4.78, 5) is 10.6. The van der Waals surface area contributed by atoms with Crippen molar-refractivity contribution in [1.82, 2.24) is 19.1 Å². The molecule has 0 amide bonds. The van der Waals surface area contributed by atoms with E-state index in [9.17, 15) is 0 Å². The molecule has 4 aromatic heterocycles. The number of aromatic nitrogens is 4. The van der Waals surface area contributed by atoms with Crippen molar-refractivity contribution in [1.29, 1.82) is 0 Å². The number of furan rings is 2. The lowest BCUT2D eigenvalue weighted by Crippen LogP contribution is -1.98. The van der Waals surface area contributed by atoms with Gasteiger partial charge in [0, 0.05) is 38.5 Å². The Hall–Kier alpha value is -13.2. The van der Waals surface area contributed by atoms with Gasteiger partial charge < -0.3 is 8.83 Å². The van der Waals surface area contributed by atoms with Gasteiger partial charge in [-0.3, -0.25) is 9.13 Å². The number of rotatable bonds is 8. The average molecular weight is 1260 g/mol. The number of fused-ring (bicyclic) bond motifs is 16. The third kappa shape index (κ3) is 8.30. The van der Waals surface area contributed by atoms with Crippen molar-refractivity contribution in [2.75, 3.05) is 0 Å². The summed E-state index contributed by atoms with van der Waals surface area (Å²) in [6, 6.07) is 117. The minimum absolute atomic E-state index is 0.870. The zero-order valence-corrected chi connectivity index (χ0v) is 53.7. The van der Waals surface area contributed by atoms with Crippen LogP contribution < -0.4 is 0 Å². The second-order valence-corrected chi connectivity index (χ2v) is 26.2. The molecule has 99 heavy (non-hydrogen) atoms. The summed E-state index contributed by atoms with van der Waals surface area (Å²) < 4.78 is 17.9. The Morgan fingerprint density at radius 2 is 0.616 bits per heavy atom. The Balaban J connectivity index is 0.638. The molecule has 0 fully saturated rings. The standard InChI is InChI=1S/C93H56N4O2/c1-55-94-80-50-45-59(52-82(80)96(55)61-46-41-56(42-47-61)87-67-27-6-10-31-71(67)89(72-32-11-7-28-68(72)87)77-53-85-91(65-25-4-2-23-63(65)77)75-35-14-18-39-83(75)98-85)58-21-20-22-60(51-58)93-95-79-37-16-17-38-81(79)97(93)62-48-43-57(44-49-62)88-69-29-8-12-33-73(69)90(74-34-13-9-30-70(74)88)78-54-86-92(66-26-5-3-24-64(66)78)76-36-15-19-40-84(76)99-86/h2-54H,1H3. The van der Waals surface area contributed by atoms with Gasteiger partial charge >= 0.3 is 0 Å². The van der Waals surface area contributed by atoms with Crippen molar-refractivity contribution in [2.24, 2.45) is 0 Å². The quantitative estimate of drug-likeness (QED) is 0.142. The lowest BCUT2D eigenvalue weighted by atomic mass is 9.84. The van der Waals surface area contributed by atoms with E-state index in [2.05, 4.69) is 325 Å². The molecule has 0 atom stereocenters. The summed E-state index contributed by atoms with van der Waals surface area (Å²) in [5.41, 5.74) is 22.2. The number of imidazole rings is 2. The molecule has 0 aliphatic heterocycles. The van der Waals surface area contributed by atoms with E-state index < -0.39 is 0 Å². The Labute approximate surface area is 567 Å². The van der Waals surface area contributed by atoms with Gasteiger partial charge in [0.25, 0.3) is 0 Å². The second kappa shape index (κ2) is 21.4. The van der Waals surface area contributed by atoms with Gasteiger partial charge in [0.15, 0.2) is 0 Å². The molecule has 6 heteroatoms. The van der Waals surface area contributed by atoms with Crippen molar-refractivity contribution < 1.29 is 8.83 Å². The van der Waals surface area contributed by atoms with E-state index in [4.69, 9.17) is 18.8 Å². The first-order valence-electron chi connectivity index (χ1n) is 33.9. The summed E-state index contributed by atoms with van der Waals surface area (Å²) in [6.45, 7) is 2.10. The minimum Gasteiger partial charge on any atom is -0.456 e. The molecule has 0 unspecified atom stereocenters. The monoisotopic (exact) mass is 1260 g/mol. The van der Waals surface area contributed by atoms with Crippen LogP contribution in [0.2, 0.25) is 0 Å². The lowest BCUT2D eigenvalue weighted by molar-refractivity contribution is 0.669. The highest BCUT2D eigenvalue weighted by atomic mass is 16.3. The van der Waals surface area contributed by atoms with Gasteiger partial charge in [0.05, 0.1) is 22.1 Å². The van der Waals surface area contributed by atoms with Crippen LogP contribution >= 0.6 is 0 Å². The molecule has 0 saturated heterocycles. The Morgan fingerprint density at radius 3 is 1.11 bits per heavy atom. The minimum atomic E-state index is 0.870. The van der Waals surface area contributed by atoms with Crippen LogP contribution in [-0.2, 0) is 0 Å². The van der Waals surface area contributed by atoms with Crippen LogP contribution in [0.5, 0.6) is 0 Å². The first-order chi connectivity index (χ1) is 49.0. The zero-order chi connectivity index (χ0) is 65.0. The van der Waals surface area contributed by atoms with Gasteiger partial charge in [-0.1, -0.05) is 243 Å². The van der Waals surface area contributed by atoms with Crippen LogP contribution in [-0.4, -0.2) is 19.1 Å². The van der Waals surface area contributed by atoms with E-state index >= 15 is 0 Å². The number of nitrogens with zero attached hydrogens (tertiary/aromatic N) is 4. The molecule has 6 nitrogen and oxygen atoms in total. The molecular weight excluding hydrogens is 1210 g/mol. The smallest absolute Gasteiger partial charge is 0.145 e. The van der Waals surface area contributed by atoms with E-state index in [0.29, 0.717) is 0 Å². The fourth-order valence-electron chi connectivity index (χ4n) is 16.6. The van der Waals surface area contributed by atoms with Crippen LogP contribution in [0.3, 0.4) is 0 Å². The SMILES string of the molecule is Cc1nc2ccc(-c3cccc(-c4nc5ccccc5n4-c4ccc(-c5c6ccccc6c(-c6cc7oc8ccccc8c7c7ccccc67)c6ccccc56)cc4)c3)cc2n1-c1ccc(-c2c3ccccc3c(-c3cc4oc5ccccc5c4c4ccccc34)c3ccccc23)cc1. The van der Waals surface area contributed by atoms with Gasteiger partial charge in [0.2, 0.25) is 0 Å². The number of aryl methyl sites for hydroxylation is 1. The number of benzene rings is 17. The zero-order valence-electron chi connectivity index (χ0n) is 53.7. The maximum atomic E-state index is 6.65. The summed E-state index contributed by atoms with van der Waals surface area (Å²) in [5.74, 6) is 1.79. The highest BCUT2D eigenvalue weighted by molar-refractivity contribution is 6.30. The maximum Gasteiger partial charge on any atom is 0.145 e. The van der Waals surface area contributed by atoms with E-state index in [0.717, 1.165) is 128 Å². The molecule has 0 saturated carbocycles. The second-order valence-electron chi connectivity index (χ2n) is 26.2. The number of hydrogen-bond donors (Lipinski definition) is 0. The van der Waals surface area contributed by atoms with Crippen LogP contribution in [0.4, 0.5) is 0 Å². The molecule has 0 aliphatic carbocycles. The van der Waals surface area contributed by atoms with Crippen molar-refractivity contribution in [2.45, 2.75) is 6.92 Å². The molecule has 4 heterocycles. The highest BCUT2D eigenvalue weighted by Gasteiger charge is 2.25. The topological polar surface area (TPSA) is 61.9 Å². The van der Waals surface area contributed by atoms with E-state index in [1.165, 1.54) is 86.9 Å². The number of hydrogen-bond acceptors (Lipinski definition) is 4. The van der Waals surface area contributed by atoms with Gasteiger partial charge in [-0.2, -0.15) is 0 Å². The highest BCUT2D eigenvalue weighted by Crippen LogP contribution is 2.51. The fourth-order valence-corrected chi connectivity index (χ4v) is 16.6. The molecule has 0 aliphatic rings. The predicted octanol–water partition coefficient (Wildman–Crippen LogP) is 25.4. The van der Waals surface area contributed by atoms with Gasteiger partial charge in [-0.15, -0.1) is 0 Å². The van der Waals surface area contributed by atoms with E-state index in [-0.39, 0.29) is 0 Å². The summed E-state index contributed by atoms with van der Waals surface area (Å²) >= 11 is 0. The Kier molecular flexibility index (Phi) is 11.9. The Bertz CT molecular complexity index is 6870. The fraction of sp³-hybridized carbons (Fsp3) is 0.0108. The largest absolute Gasteiger partial charge is 0.456 e. The predicted molar refractivity (Wildman–Crippen MR) is 413 cm³/mol. The van der Waals surface area contributed by atoms with Crippen LogP contribution in [0, 0.1) is 6.92 Å². The molecular formula is C93H56N4O2. The third-order valence-corrected chi connectivity index (χ3v) is 20.8. The van der Waals surface area contributed by atoms with Crippen LogP contribution in [0.15, 0.2) is 330 Å². The lowest BCUT2D eigenvalue weighted by Gasteiger charge is -2.19. The molecule has 21 rings (SSSR count). The van der Waals surface area contributed by atoms with Crippen LogP contribution in [0.1, 0.15) is 5.82 Å². The van der Waals surface area contributed by atoms with Crippen molar-refractivity contribution in [3.8, 4) is 78.4 Å². The molecule has 17 aromatic carbocycles. The molecule has 0 bridgehead atoms. The first kappa shape index (κ1) is 55.2. The number of para-hydroxylation sites is 4. The van der Waals surface area contributed by atoms with Crippen LogP contribution in [0.25, 0.3) is 209 Å². The van der Waals surface area contributed by atoms with E-state index in [1.54, 1.807) is 0 Å². The third-order valence-electron chi connectivity index (χ3n) is 20.8. The molecule has 21 aromatic rings. The van der Waals surface area contributed by atoms with Crippen molar-refractivity contribution >= 4 is 131 Å². The first-order valence-corrected chi connectivity index (χ1v) is 33.9. The summed E-state index contributed by atoms with van der Waals surface area (Å²) in [7, 11) is 0. The summed E-state index contributed by atoms with van der Waals surface area (Å²) in [6.07, 6.45) is 0. The molecule has 0 radical (unpaired) electrons. The van der Waals surface area contributed by atoms with Gasteiger partial charge in [0.1, 0.15) is 34.0 Å². The summed E-state index contributed by atoms with van der Waals surface area (Å²) in [5, 5.41) is 18.9. The molecule has 0 spiro atoms. The molecule has 460 valence electrons. The van der Waals surface area contributed by atoms with Gasteiger partial charge in [-0.25, -0.2) is 9.97 Å². The van der Waals surface area contributed by atoms with Gasteiger partial charge in [-0.05, 0) is 206 Å². The van der Waals surface area contributed by atoms with E-state index in [1.807, 2.05) is 12.1 Å².